The van der Waals surface area contributed by atoms with Gasteiger partial charge < -0.3 is 10.4 Å². The number of hydrogen-bond donors (Lipinski definition) is 2. The SMILES string of the molecule is Cc1cc(-c2ncnn3cc(-c4ncccn4)cc23)ccc1CNC(=O)O. The molecule has 1 aromatic carbocycles. The number of carbonyl (C=O) groups is 1. The summed E-state index contributed by atoms with van der Waals surface area (Å²) in [6.07, 6.45) is 5.73. The Morgan fingerprint density at radius 1 is 1.15 bits per heavy atom. The molecule has 2 N–H and O–H groups in total. The summed E-state index contributed by atoms with van der Waals surface area (Å²) in [5.41, 5.74) is 5.31. The summed E-state index contributed by atoms with van der Waals surface area (Å²) in [5, 5.41) is 15.4. The van der Waals surface area contributed by atoms with Crippen LogP contribution < -0.4 is 5.32 Å². The van der Waals surface area contributed by atoms with Gasteiger partial charge in [0.15, 0.2) is 5.82 Å². The van der Waals surface area contributed by atoms with Gasteiger partial charge >= 0.3 is 6.09 Å². The van der Waals surface area contributed by atoms with Crippen LogP contribution in [-0.2, 0) is 6.54 Å². The van der Waals surface area contributed by atoms with E-state index < -0.39 is 6.09 Å². The minimum atomic E-state index is -1.04. The van der Waals surface area contributed by atoms with E-state index in [9.17, 15) is 4.79 Å². The van der Waals surface area contributed by atoms with E-state index in [0.717, 1.165) is 33.5 Å². The van der Waals surface area contributed by atoms with Crippen LogP contribution in [0.1, 0.15) is 11.1 Å². The normalized spacial score (nSPS) is 10.9. The van der Waals surface area contributed by atoms with Crippen molar-refractivity contribution in [3.63, 3.8) is 0 Å². The highest BCUT2D eigenvalue weighted by Gasteiger charge is 2.12. The third-order valence-electron chi connectivity index (χ3n) is 4.28. The molecule has 27 heavy (non-hydrogen) atoms. The largest absolute Gasteiger partial charge is 0.465 e. The molecule has 0 unspecified atom stereocenters. The first kappa shape index (κ1) is 16.6. The van der Waals surface area contributed by atoms with Crippen LogP contribution in [0.2, 0.25) is 0 Å². The molecule has 0 spiro atoms. The molecule has 0 aliphatic heterocycles. The molecule has 134 valence electrons. The number of benzene rings is 1. The Bertz CT molecular complexity index is 1120. The fourth-order valence-corrected chi connectivity index (χ4v) is 2.93. The Balaban J connectivity index is 1.74. The molecule has 8 nitrogen and oxygen atoms in total. The van der Waals surface area contributed by atoms with Crippen LogP contribution in [0.15, 0.2) is 55.2 Å². The third-order valence-corrected chi connectivity index (χ3v) is 4.28. The molecule has 0 radical (unpaired) electrons. The van der Waals surface area contributed by atoms with Gasteiger partial charge in [-0.25, -0.2) is 24.3 Å². The molecule has 0 saturated carbocycles. The van der Waals surface area contributed by atoms with Crippen LogP contribution >= 0.6 is 0 Å². The number of nitrogens with zero attached hydrogens (tertiary/aromatic N) is 5. The molecule has 0 atom stereocenters. The number of nitrogens with one attached hydrogen (secondary N) is 1. The number of carboxylic acid groups (broad SMARTS) is 1. The third kappa shape index (κ3) is 3.32. The number of aryl methyl sites for hydroxylation is 1. The van der Waals surface area contributed by atoms with Crippen molar-refractivity contribution in [3.05, 3.63) is 66.4 Å². The maximum atomic E-state index is 10.7. The zero-order chi connectivity index (χ0) is 18.8. The van der Waals surface area contributed by atoms with Crippen molar-refractivity contribution in [1.29, 1.82) is 0 Å². The number of aromatic nitrogens is 5. The Hall–Kier alpha value is -3.81. The molecule has 3 aromatic heterocycles. The lowest BCUT2D eigenvalue weighted by molar-refractivity contribution is 0.194. The Morgan fingerprint density at radius 3 is 2.70 bits per heavy atom. The second-order valence-electron chi connectivity index (χ2n) is 6.04. The van der Waals surface area contributed by atoms with Gasteiger partial charge in [0.05, 0.1) is 11.2 Å². The maximum absolute atomic E-state index is 10.7. The van der Waals surface area contributed by atoms with Crippen LogP contribution in [0.5, 0.6) is 0 Å². The summed E-state index contributed by atoms with van der Waals surface area (Å²) in [7, 11) is 0. The number of rotatable bonds is 4. The van der Waals surface area contributed by atoms with E-state index >= 15 is 0 Å². The molecule has 3 heterocycles. The quantitative estimate of drug-likeness (QED) is 0.580. The summed E-state index contributed by atoms with van der Waals surface area (Å²) in [4.78, 5) is 23.7. The fourth-order valence-electron chi connectivity index (χ4n) is 2.93. The van der Waals surface area contributed by atoms with Crippen molar-refractivity contribution in [2.24, 2.45) is 0 Å². The first-order valence-electron chi connectivity index (χ1n) is 8.29. The number of fused-ring (bicyclic) bond motifs is 1. The van der Waals surface area contributed by atoms with Crippen molar-refractivity contribution < 1.29 is 9.90 Å². The van der Waals surface area contributed by atoms with Gasteiger partial charge in [-0.15, -0.1) is 0 Å². The van der Waals surface area contributed by atoms with E-state index in [4.69, 9.17) is 5.11 Å². The zero-order valence-electron chi connectivity index (χ0n) is 14.5. The first-order valence-corrected chi connectivity index (χ1v) is 8.29. The van der Waals surface area contributed by atoms with E-state index in [1.807, 2.05) is 37.4 Å². The van der Waals surface area contributed by atoms with Crippen molar-refractivity contribution >= 4 is 11.6 Å². The summed E-state index contributed by atoms with van der Waals surface area (Å²) in [5.74, 6) is 0.625. The van der Waals surface area contributed by atoms with Gasteiger partial charge in [0.1, 0.15) is 6.33 Å². The standard InChI is InChI=1S/C19H16N6O2/c1-12-7-13(3-4-14(12)9-22-19(26)27)17-16-8-15(10-25(16)24-11-23-17)18-20-5-2-6-21-18/h2-8,10-11,22H,9H2,1H3,(H,26,27). The average molecular weight is 360 g/mol. The molecule has 4 aromatic rings. The lowest BCUT2D eigenvalue weighted by Crippen LogP contribution is -2.20. The molecule has 0 fully saturated rings. The van der Waals surface area contributed by atoms with Crippen LogP contribution in [0.4, 0.5) is 4.79 Å². The maximum Gasteiger partial charge on any atom is 0.404 e. The van der Waals surface area contributed by atoms with Gasteiger partial charge in [0.2, 0.25) is 0 Å². The van der Waals surface area contributed by atoms with E-state index in [0.29, 0.717) is 5.82 Å². The summed E-state index contributed by atoms with van der Waals surface area (Å²) in [6, 6.07) is 9.56. The van der Waals surface area contributed by atoms with Crippen molar-refractivity contribution in [2.45, 2.75) is 13.5 Å². The highest BCUT2D eigenvalue weighted by atomic mass is 16.4. The summed E-state index contributed by atoms with van der Waals surface area (Å²) < 4.78 is 1.75. The monoisotopic (exact) mass is 360 g/mol. The Morgan fingerprint density at radius 2 is 1.96 bits per heavy atom. The number of hydrogen-bond acceptors (Lipinski definition) is 5. The first-order chi connectivity index (χ1) is 13.1. The highest BCUT2D eigenvalue weighted by molar-refractivity contribution is 5.80. The molecular formula is C19H16N6O2. The lowest BCUT2D eigenvalue weighted by Gasteiger charge is -2.09. The van der Waals surface area contributed by atoms with E-state index in [1.165, 1.54) is 6.33 Å². The molecule has 0 aliphatic carbocycles. The fraction of sp³-hybridized carbons (Fsp3) is 0.105. The Kier molecular flexibility index (Phi) is 4.21. The second kappa shape index (κ2) is 6.83. The molecule has 0 saturated heterocycles. The second-order valence-corrected chi connectivity index (χ2v) is 6.04. The van der Waals surface area contributed by atoms with Gasteiger partial charge in [-0.05, 0) is 36.2 Å². The summed E-state index contributed by atoms with van der Waals surface area (Å²) >= 11 is 0. The molecule has 8 heteroatoms. The van der Waals surface area contributed by atoms with E-state index in [-0.39, 0.29) is 6.54 Å². The van der Waals surface area contributed by atoms with E-state index in [2.05, 4.69) is 25.4 Å². The van der Waals surface area contributed by atoms with E-state index in [1.54, 1.807) is 23.0 Å². The molecular weight excluding hydrogens is 344 g/mol. The summed E-state index contributed by atoms with van der Waals surface area (Å²) in [6.45, 7) is 2.21. The predicted molar refractivity (Wildman–Crippen MR) is 99.1 cm³/mol. The smallest absolute Gasteiger partial charge is 0.404 e. The average Bonchev–Trinajstić information content (AvgIpc) is 3.12. The van der Waals surface area contributed by atoms with Crippen molar-refractivity contribution in [2.75, 3.05) is 0 Å². The van der Waals surface area contributed by atoms with Crippen molar-refractivity contribution in [1.82, 2.24) is 29.9 Å². The van der Waals surface area contributed by atoms with Crippen LogP contribution in [0.25, 0.3) is 28.2 Å². The van der Waals surface area contributed by atoms with Crippen LogP contribution in [0, 0.1) is 6.92 Å². The highest BCUT2D eigenvalue weighted by Crippen LogP contribution is 2.27. The molecule has 0 bridgehead atoms. The van der Waals surface area contributed by atoms with Gasteiger partial charge in [-0.1, -0.05) is 12.1 Å². The molecule has 4 rings (SSSR count). The van der Waals surface area contributed by atoms with Gasteiger partial charge in [0.25, 0.3) is 0 Å². The van der Waals surface area contributed by atoms with Gasteiger partial charge in [-0.2, -0.15) is 5.10 Å². The van der Waals surface area contributed by atoms with Gasteiger partial charge in [-0.3, -0.25) is 0 Å². The predicted octanol–water partition coefficient (Wildman–Crippen LogP) is 2.93. The minimum Gasteiger partial charge on any atom is -0.465 e. The zero-order valence-corrected chi connectivity index (χ0v) is 14.5. The molecule has 1 amide bonds. The minimum absolute atomic E-state index is 0.265. The van der Waals surface area contributed by atoms with Crippen LogP contribution in [-0.4, -0.2) is 35.8 Å². The topological polar surface area (TPSA) is 105 Å². The molecule has 0 aliphatic rings. The van der Waals surface area contributed by atoms with Crippen LogP contribution in [0.3, 0.4) is 0 Å². The Labute approximate surface area is 154 Å². The van der Waals surface area contributed by atoms with Gasteiger partial charge in [0, 0.05) is 36.3 Å². The van der Waals surface area contributed by atoms with Crippen molar-refractivity contribution in [3.8, 4) is 22.6 Å². The lowest BCUT2D eigenvalue weighted by atomic mass is 10.0. The number of amides is 1.